The first-order valence-corrected chi connectivity index (χ1v) is 8.33. The number of aromatic amines is 2. The molecule has 0 spiro atoms. The third kappa shape index (κ3) is 3.65. The van der Waals surface area contributed by atoms with Crippen molar-refractivity contribution in [1.29, 1.82) is 0 Å². The molecule has 3 N–H and O–H groups in total. The Balaban J connectivity index is 1.69. The first kappa shape index (κ1) is 17.0. The normalized spacial score (nSPS) is 17.5. The number of aromatic carboxylic acids is 1. The maximum atomic E-state index is 12.6. The molecule has 0 unspecified atom stereocenters. The maximum absolute atomic E-state index is 12.6. The summed E-state index contributed by atoms with van der Waals surface area (Å²) in [6, 6.07) is 6.84. The van der Waals surface area contributed by atoms with Gasteiger partial charge in [-0.3, -0.25) is 14.7 Å². The Bertz CT molecular complexity index is 835. The highest BCUT2D eigenvalue weighted by molar-refractivity contribution is 5.87. The summed E-state index contributed by atoms with van der Waals surface area (Å²) in [7, 11) is 0. The van der Waals surface area contributed by atoms with Crippen LogP contribution < -0.4 is 5.56 Å². The summed E-state index contributed by atoms with van der Waals surface area (Å²) in [4.78, 5) is 37.0. The van der Waals surface area contributed by atoms with Crippen molar-refractivity contribution in [3.63, 3.8) is 0 Å². The van der Waals surface area contributed by atoms with Gasteiger partial charge in [-0.25, -0.2) is 4.79 Å². The number of benzene rings is 1. The topological polar surface area (TPSA) is 106 Å². The first-order valence-electron chi connectivity index (χ1n) is 8.33. The number of H-pyrrole nitrogens is 2. The summed E-state index contributed by atoms with van der Waals surface area (Å²) in [5, 5.41) is 14.2. The van der Waals surface area contributed by atoms with Crippen molar-refractivity contribution >= 4 is 11.9 Å². The molecule has 0 bridgehead atoms. The van der Waals surface area contributed by atoms with E-state index in [9.17, 15) is 14.4 Å². The average molecular weight is 343 g/mol. The van der Waals surface area contributed by atoms with Gasteiger partial charge in [-0.05, 0) is 37.5 Å². The molecule has 0 radical (unpaired) electrons. The van der Waals surface area contributed by atoms with Gasteiger partial charge in [0.15, 0.2) is 0 Å². The lowest BCUT2D eigenvalue weighted by Crippen LogP contribution is -2.40. The van der Waals surface area contributed by atoms with Gasteiger partial charge in [0, 0.05) is 30.3 Å². The molecule has 0 aliphatic carbocycles. The van der Waals surface area contributed by atoms with Gasteiger partial charge in [0.1, 0.15) is 0 Å². The van der Waals surface area contributed by atoms with Crippen LogP contribution in [0.25, 0.3) is 0 Å². The lowest BCUT2D eigenvalue weighted by molar-refractivity contribution is -0.131. The van der Waals surface area contributed by atoms with E-state index in [0.717, 1.165) is 18.4 Å². The monoisotopic (exact) mass is 343 g/mol. The van der Waals surface area contributed by atoms with Crippen LogP contribution in [0.2, 0.25) is 0 Å². The van der Waals surface area contributed by atoms with Gasteiger partial charge in [0.25, 0.3) is 5.56 Å². The van der Waals surface area contributed by atoms with Crippen molar-refractivity contribution in [3.8, 4) is 0 Å². The van der Waals surface area contributed by atoms with Crippen LogP contribution in [0.1, 0.15) is 45.9 Å². The number of hydrogen-bond donors (Lipinski definition) is 3. The highest BCUT2D eigenvalue weighted by Crippen LogP contribution is 2.27. The summed E-state index contributed by atoms with van der Waals surface area (Å²) < 4.78 is 0. The maximum Gasteiger partial charge on any atom is 0.335 e. The molecule has 1 atom stereocenters. The van der Waals surface area contributed by atoms with Gasteiger partial charge in [-0.1, -0.05) is 12.1 Å². The fraction of sp³-hybridized carbons (Fsp3) is 0.389. The van der Waals surface area contributed by atoms with Crippen molar-refractivity contribution in [2.24, 2.45) is 0 Å². The number of hydrogen-bond acceptors (Lipinski definition) is 3. The summed E-state index contributed by atoms with van der Waals surface area (Å²) in [5.41, 5.74) is 2.23. The molecule has 1 aromatic carbocycles. The van der Waals surface area contributed by atoms with E-state index in [4.69, 9.17) is 5.11 Å². The minimum absolute atomic E-state index is 0.0555. The predicted octanol–water partition coefficient (Wildman–Crippen LogP) is 1.66. The molecule has 25 heavy (non-hydrogen) atoms. The highest BCUT2D eigenvalue weighted by atomic mass is 16.4. The Hall–Kier alpha value is -2.83. The number of nitrogens with one attached hydrogen (secondary N) is 2. The zero-order valence-electron chi connectivity index (χ0n) is 14.0. The van der Waals surface area contributed by atoms with E-state index < -0.39 is 5.97 Å². The fourth-order valence-corrected chi connectivity index (χ4v) is 3.32. The van der Waals surface area contributed by atoms with Crippen LogP contribution in [0.4, 0.5) is 0 Å². The Morgan fingerprint density at radius 3 is 2.56 bits per heavy atom. The molecular formula is C18H21N3O4. The number of amides is 1. The molecule has 7 heteroatoms. The van der Waals surface area contributed by atoms with Crippen molar-refractivity contribution in [2.75, 3.05) is 13.1 Å². The average Bonchev–Trinajstić information content (AvgIpc) is 2.94. The Kier molecular flexibility index (Phi) is 4.74. The van der Waals surface area contributed by atoms with Gasteiger partial charge >= 0.3 is 5.97 Å². The number of carbonyl (C=O) groups excluding carboxylic acids is 1. The molecule has 132 valence electrons. The molecule has 1 aliphatic rings. The number of aryl methyl sites for hydroxylation is 1. The van der Waals surface area contributed by atoms with Crippen LogP contribution in [0.15, 0.2) is 29.1 Å². The van der Waals surface area contributed by atoms with Gasteiger partial charge in [-0.2, -0.15) is 0 Å². The quantitative estimate of drug-likeness (QED) is 0.785. The second kappa shape index (κ2) is 6.96. The predicted molar refractivity (Wildman–Crippen MR) is 91.8 cm³/mol. The zero-order chi connectivity index (χ0) is 18.0. The largest absolute Gasteiger partial charge is 0.478 e. The number of rotatable bonds is 4. The fourth-order valence-electron chi connectivity index (χ4n) is 3.32. The van der Waals surface area contributed by atoms with E-state index in [1.165, 1.54) is 0 Å². The van der Waals surface area contributed by atoms with Crippen molar-refractivity contribution < 1.29 is 14.7 Å². The van der Waals surface area contributed by atoms with E-state index >= 15 is 0 Å². The lowest BCUT2D eigenvalue weighted by Gasteiger charge is -2.33. The smallest absolute Gasteiger partial charge is 0.335 e. The van der Waals surface area contributed by atoms with Crippen LogP contribution in [0.3, 0.4) is 0 Å². The van der Waals surface area contributed by atoms with E-state index in [-0.39, 0.29) is 29.4 Å². The van der Waals surface area contributed by atoms with Crippen LogP contribution in [0.5, 0.6) is 0 Å². The summed E-state index contributed by atoms with van der Waals surface area (Å²) in [5.74, 6) is -0.815. The summed E-state index contributed by atoms with van der Waals surface area (Å²) in [6.45, 7) is 3.04. The first-order chi connectivity index (χ1) is 12.0. The van der Waals surface area contributed by atoms with E-state index in [2.05, 4.69) is 10.2 Å². The molecule has 1 saturated heterocycles. The number of piperidine rings is 1. The van der Waals surface area contributed by atoms with E-state index in [1.807, 2.05) is 12.1 Å². The van der Waals surface area contributed by atoms with Gasteiger partial charge in [0.2, 0.25) is 5.91 Å². The Morgan fingerprint density at radius 2 is 1.96 bits per heavy atom. The molecule has 1 aromatic heterocycles. The molecule has 1 aliphatic heterocycles. The summed E-state index contributed by atoms with van der Waals surface area (Å²) >= 11 is 0. The number of carboxylic acids is 1. The van der Waals surface area contributed by atoms with Crippen LogP contribution in [-0.2, 0) is 11.2 Å². The molecular weight excluding hydrogens is 322 g/mol. The van der Waals surface area contributed by atoms with Crippen molar-refractivity contribution in [1.82, 2.24) is 15.1 Å². The highest BCUT2D eigenvalue weighted by Gasteiger charge is 2.26. The molecule has 0 saturated carbocycles. The van der Waals surface area contributed by atoms with Crippen LogP contribution >= 0.6 is 0 Å². The second-order valence-electron chi connectivity index (χ2n) is 6.47. The van der Waals surface area contributed by atoms with Gasteiger partial charge in [-0.15, -0.1) is 0 Å². The van der Waals surface area contributed by atoms with Gasteiger partial charge < -0.3 is 15.1 Å². The number of aromatic nitrogens is 2. The Labute approximate surface area is 144 Å². The number of nitrogens with zero attached hydrogens (tertiary/aromatic N) is 1. The Morgan fingerprint density at radius 1 is 1.24 bits per heavy atom. The number of carbonyl (C=O) groups is 2. The third-order valence-corrected chi connectivity index (χ3v) is 4.82. The molecule has 7 nitrogen and oxygen atoms in total. The SMILES string of the molecule is Cc1[nH][nH]c(=O)c1CC(=O)N1CCC[C@@H](c2ccc(C(=O)O)cc2)C1. The number of likely N-dealkylation sites (tertiary alicyclic amines) is 1. The molecule has 3 rings (SSSR count). The second-order valence-corrected chi connectivity index (χ2v) is 6.47. The molecule has 1 amide bonds. The van der Waals surface area contributed by atoms with Crippen molar-refractivity contribution in [3.05, 3.63) is 57.0 Å². The lowest BCUT2D eigenvalue weighted by atomic mass is 9.90. The third-order valence-electron chi connectivity index (χ3n) is 4.82. The summed E-state index contributed by atoms with van der Waals surface area (Å²) in [6.07, 6.45) is 1.94. The minimum atomic E-state index is -0.945. The number of carboxylic acid groups (broad SMARTS) is 1. The van der Waals surface area contributed by atoms with Crippen LogP contribution in [-0.4, -0.2) is 45.2 Å². The van der Waals surface area contributed by atoms with Crippen molar-refractivity contribution in [2.45, 2.75) is 32.1 Å². The molecule has 1 fully saturated rings. The van der Waals surface area contributed by atoms with E-state index in [0.29, 0.717) is 24.3 Å². The van der Waals surface area contributed by atoms with Crippen LogP contribution in [0, 0.1) is 6.92 Å². The molecule has 2 heterocycles. The van der Waals surface area contributed by atoms with E-state index in [1.54, 1.807) is 24.0 Å². The standard InChI is InChI=1S/C18H21N3O4/c1-11-15(17(23)20-19-11)9-16(22)21-8-2-3-14(10-21)12-4-6-13(7-5-12)18(24)25/h4-7,14H,2-3,8-10H2,1H3,(H,24,25)(H2,19,20,23)/t14-/m1/s1. The zero-order valence-corrected chi connectivity index (χ0v) is 14.0. The van der Waals surface area contributed by atoms with Gasteiger partial charge in [0.05, 0.1) is 12.0 Å². The minimum Gasteiger partial charge on any atom is -0.478 e. The molecule has 2 aromatic rings.